The fourth-order valence-corrected chi connectivity index (χ4v) is 4.50. The zero-order valence-electron chi connectivity index (χ0n) is 15.0. The third-order valence-electron chi connectivity index (χ3n) is 4.52. The predicted octanol–water partition coefficient (Wildman–Crippen LogP) is 5.97. The minimum atomic E-state index is -0.354. The number of thiophene rings is 1. The molecule has 0 radical (unpaired) electrons. The summed E-state index contributed by atoms with van der Waals surface area (Å²) in [5, 5.41) is 4.00. The van der Waals surface area contributed by atoms with Crippen molar-refractivity contribution >= 4 is 38.9 Å². The van der Waals surface area contributed by atoms with Crippen LogP contribution in [-0.2, 0) is 0 Å². The lowest BCUT2D eigenvalue weighted by molar-refractivity contribution is 0.0938. The van der Waals surface area contributed by atoms with Crippen molar-refractivity contribution in [3.05, 3.63) is 76.3 Å². The third-order valence-corrected chi connectivity index (χ3v) is 6.18. The van der Waals surface area contributed by atoms with E-state index in [1.807, 2.05) is 37.3 Å². The van der Waals surface area contributed by atoms with Crippen LogP contribution in [0.2, 0.25) is 5.02 Å². The molecule has 1 amide bonds. The van der Waals surface area contributed by atoms with Crippen LogP contribution in [0.25, 0.3) is 21.3 Å². The fraction of sp³-hybridized carbons (Fsp3) is 0.143. The van der Waals surface area contributed by atoms with Gasteiger partial charge in [-0.1, -0.05) is 48.9 Å². The minimum absolute atomic E-state index is 0.289. The largest absolute Gasteiger partial charge is 0.341 e. The van der Waals surface area contributed by atoms with Crippen LogP contribution >= 0.6 is 22.9 Å². The number of fused-ring (bicyclic) bond motifs is 1. The van der Waals surface area contributed by atoms with E-state index in [2.05, 4.69) is 15.3 Å². The van der Waals surface area contributed by atoms with Gasteiger partial charge in [0, 0.05) is 10.1 Å². The van der Waals surface area contributed by atoms with Gasteiger partial charge in [-0.05, 0) is 30.2 Å². The van der Waals surface area contributed by atoms with E-state index in [-0.39, 0.29) is 17.8 Å². The first-order valence-corrected chi connectivity index (χ1v) is 10.0. The molecule has 1 unspecified atom stereocenters. The van der Waals surface area contributed by atoms with Gasteiger partial charge in [0.15, 0.2) is 0 Å². The van der Waals surface area contributed by atoms with Gasteiger partial charge < -0.3 is 10.3 Å². The molecule has 2 aromatic carbocycles. The molecule has 0 aliphatic carbocycles. The van der Waals surface area contributed by atoms with Crippen molar-refractivity contribution in [2.24, 2.45) is 0 Å². The number of carbonyl (C=O) groups excluding carboxylic acids is 1. The van der Waals surface area contributed by atoms with E-state index in [1.54, 1.807) is 12.3 Å². The van der Waals surface area contributed by atoms with E-state index in [1.165, 1.54) is 23.5 Å². The van der Waals surface area contributed by atoms with E-state index < -0.39 is 0 Å². The van der Waals surface area contributed by atoms with Gasteiger partial charge >= 0.3 is 0 Å². The summed E-state index contributed by atoms with van der Waals surface area (Å²) in [6.07, 6.45) is 2.42. The molecule has 2 heterocycles. The van der Waals surface area contributed by atoms with Crippen LogP contribution in [0.3, 0.4) is 0 Å². The van der Waals surface area contributed by atoms with Crippen molar-refractivity contribution in [3.63, 3.8) is 0 Å². The second-order valence-electron chi connectivity index (χ2n) is 6.37. The summed E-state index contributed by atoms with van der Waals surface area (Å²) in [6, 6.07) is 13.9. The molecule has 0 aliphatic heterocycles. The van der Waals surface area contributed by atoms with E-state index in [0.29, 0.717) is 32.2 Å². The Morgan fingerprint density at radius 1 is 1.29 bits per heavy atom. The highest BCUT2D eigenvalue weighted by molar-refractivity contribution is 7.21. The Kier molecular flexibility index (Phi) is 5.15. The Bertz CT molecular complexity index is 1140. The monoisotopic (exact) mass is 413 g/mol. The van der Waals surface area contributed by atoms with Crippen LogP contribution in [0.4, 0.5) is 4.39 Å². The third kappa shape index (κ3) is 3.53. The zero-order chi connectivity index (χ0) is 19.7. The molecule has 4 nitrogen and oxygen atoms in total. The SMILES string of the molecule is CCC(NC(=O)c1sc2cc(F)ccc2c1Cl)c1ncc(-c2ccccc2)[nH]1. The molecule has 28 heavy (non-hydrogen) atoms. The summed E-state index contributed by atoms with van der Waals surface area (Å²) in [5.41, 5.74) is 1.91. The number of aromatic nitrogens is 2. The summed E-state index contributed by atoms with van der Waals surface area (Å²) < 4.78 is 14.1. The first-order chi connectivity index (χ1) is 13.6. The molecule has 0 bridgehead atoms. The van der Waals surface area contributed by atoms with Crippen molar-refractivity contribution in [2.45, 2.75) is 19.4 Å². The molecule has 0 fully saturated rings. The van der Waals surface area contributed by atoms with Crippen molar-refractivity contribution in [1.82, 2.24) is 15.3 Å². The van der Waals surface area contributed by atoms with E-state index in [0.717, 1.165) is 11.3 Å². The lowest BCUT2D eigenvalue weighted by atomic mass is 10.2. The van der Waals surface area contributed by atoms with Gasteiger partial charge in [-0.2, -0.15) is 0 Å². The Labute approximate surface area is 170 Å². The number of H-pyrrole nitrogens is 1. The van der Waals surface area contributed by atoms with E-state index in [4.69, 9.17) is 11.6 Å². The van der Waals surface area contributed by atoms with Crippen LogP contribution in [0.5, 0.6) is 0 Å². The Hall–Kier alpha value is -2.70. The Balaban J connectivity index is 1.58. The zero-order valence-corrected chi connectivity index (χ0v) is 16.6. The summed E-state index contributed by atoms with van der Waals surface area (Å²) in [4.78, 5) is 20.9. The number of halogens is 2. The molecule has 2 aromatic heterocycles. The number of benzene rings is 2. The molecule has 0 saturated heterocycles. The van der Waals surface area contributed by atoms with Crippen molar-refractivity contribution in [1.29, 1.82) is 0 Å². The maximum Gasteiger partial charge on any atom is 0.263 e. The van der Waals surface area contributed by atoms with Crippen LogP contribution in [0.15, 0.2) is 54.7 Å². The Morgan fingerprint density at radius 2 is 2.07 bits per heavy atom. The highest BCUT2D eigenvalue weighted by Gasteiger charge is 2.22. The first-order valence-electron chi connectivity index (χ1n) is 8.85. The van der Waals surface area contributed by atoms with Crippen molar-refractivity contribution in [3.8, 4) is 11.3 Å². The maximum atomic E-state index is 13.5. The second-order valence-corrected chi connectivity index (χ2v) is 7.80. The fourth-order valence-electron chi connectivity index (χ4n) is 3.05. The first kappa shape index (κ1) is 18.7. The lowest BCUT2D eigenvalue weighted by Crippen LogP contribution is -2.28. The molecular weight excluding hydrogens is 397 g/mol. The average molecular weight is 414 g/mol. The maximum absolute atomic E-state index is 13.5. The summed E-state index contributed by atoms with van der Waals surface area (Å²) in [7, 11) is 0. The summed E-state index contributed by atoms with van der Waals surface area (Å²) >= 11 is 7.55. The number of amides is 1. The Morgan fingerprint density at radius 3 is 2.82 bits per heavy atom. The lowest BCUT2D eigenvalue weighted by Gasteiger charge is -2.14. The quantitative estimate of drug-likeness (QED) is 0.423. The molecule has 4 rings (SSSR count). The molecule has 0 aliphatic rings. The highest BCUT2D eigenvalue weighted by atomic mass is 35.5. The van der Waals surface area contributed by atoms with Crippen LogP contribution in [-0.4, -0.2) is 15.9 Å². The highest BCUT2D eigenvalue weighted by Crippen LogP contribution is 2.36. The second kappa shape index (κ2) is 7.73. The number of imidazole rings is 1. The van der Waals surface area contributed by atoms with Crippen LogP contribution in [0, 0.1) is 5.82 Å². The minimum Gasteiger partial charge on any atom is -0.341 e. The molecule has 0 spiro atoms. The van der Waals surface area contributed by atoms with E-state index in [9.17, 15) is 9.18 Å². The standard InChI is InChI=1S/C21H17ClFN3OS/c1-2-15(20-24-11-16(25-20)12-6-4-3-5-7-12)26-21(27)19-18(22)14-9-8-13(23)10-17(14)28-19/h3-11,15H,2H2,1H3,(H,24,25)(H,26,27). The van der Waals surface area contributed by atoms with Gasteiger partial charge in [-0.25, -0.2) is 9.37 Å². The number of aromatic amines is 1. The average Bonchev–Trinajstić information content (AvgIpc) is 3.32. The number of hydrogen-bond donors (Lipinski definition) is 2. The predicted molar refractivity (Wildman–Crippen MR) is 111 cm³/mol. The summed E-state index contributed by atoms with van der Waals surface area (Å²) in [5.74, 6) is 0.0296. The van der Waals surface area contributed by atoms with Crippen molar-refractivity contribution in [2.75, 3.05) is 0 Å². The molecule has 7 heteroatoms. The molecule has 142 valence electrons. The molecule has 1 atom stereocenters. The van der Waals surface area contributed by atoms with Gasteiger partial charge in [0.25, 0.3) is 5.91 Å². The number of hydrogen-bond acceptors (Lipinski definition) is 3. The van der Waals surface area contributed by atoms with Gasteiger partial charge in [0.1, 0.15) is 16.5 Å². The smallest absolute Gasteiger partial charge is 0.263 e. The number of nitrogens with one attached hydrogen (secondary N) is 2. The number of rotatable bonds is 5. The van der Waals surface area contributed by atoms with Crippen LogP contribution in [0.1, 0.15) is 34.9 Å². The van der Waals surface area contributed by atoms with E-state index >= 15 is 0 Å². The molecular formula is C21H17ClFN3OS. The molecule has 2 N–H and O–H groups in total. The van der Waals surface area contributed by atoms with Crippen LogP contribution < -0.4 is 5.32 Å². The number of nitrogens with zero attached hydrogens (tertiary/aromatic N) is 1. The van der Waals surface area contributed by atoms with Gasteiger partial charge in [0.05, 0.1) is 23.0 Å². The van der Waals surface area contributed by atoms with Gasteiger partial charge in [-0.3, -0.25) is 4.79 Å². The molecule has 4 aromatic rings. The topological polar surface area (TPSA) is 57.8 Å². The summed E-state index contributed by atoms with van der Waals surface area (Å²) in [6.45, 7) is 1.97. The van der Waals surface area contributed by atoms with Gasteiger partial charge in [-0.15, -0.1) is 11.3 Å². The number of carbonyl (C=O) groups is 1. The normalized spacial score (nSPS) is 12.2. The van der Waals surface area contributed by atoms with Crippen molar-refractivity contribution < 1.29 is 9.18 Å². The molecule has 0 saturated carbocycles. The van der Waals surface area contributed by atoms with Gasteiger partial charge in [0.2, 0.25) is 0 Å².